The summed E-state index contributed by atoms with van der Waals surface area (Å²) in [5.41, 5.74) is 2.64. The van der Waals surface area contributed by atoms with Crippen molar-refractivity contribution in [2.24, 2.45) is 0 Å². The van der Waals surface area contributed by atoms with E-state index in [0.29, 0.717) is 0 Å². The van der Waals surface area contributed by atoms with Gasteiger partial charge in [-0.05, 0) is 30.5 Å². The van der Waals surface area contributed by atoms with Crippen molar-refractivity contribution in [3.8, 4) is 0 Å². The number of ether oxygens (including phenoxy) is 1. The molecule has 14 heavy (non-hydrogen) atoms. The number of carboxylic acids is 1. The normalized spacial score (nSPS) is 12.5. The molecule has 76 valence electrons. The number of aliphatic carboxylic acids is 1. The van der Waals surface area contributed by atoms with E-state index in [0.717, 1.165) is 16.7 Å². The van der Waals surface area contributed by atoms with Crippen LogP contribution in [0.15, 0.2) is 18.2 Å². The smallest absolute Gasteiger partial charge is 0.337 e. The van der Waals surface area contributed by atoms with Crippen LogP contribution in [-0.4, -0.2) is 18.2 Å². The molecule has 0 aromatic heterocycles. The fraction of sp³-hybridized carbons (Fsp3) is 0.364. The largest absolute Gasteiger partial charge is 0.479 e. The highest BCUT2D eigenvalue weighted by Crippen LogP contribution is 2.24. The second-order valence-corrected chi connectivity index (χ2v) is 3.26. The fourth-order valence-corrected chi connectivity index (χ4v) is 1.58. The topological polar surface area (TPSA) is 46.5 Å². The van der Waals surface area contributed by atoms with Crippen LogP contribution in [0.25, 0.3) is 0 Å². The molecule has 0 aliphatic carbocycles. The van der Waals surface area contributed by atoms with Gasteiger partial charge in [-0.15, -0.1) is 0 Å². The van der Waals surface area contributed by atoms with Crippen LogP contribution in [0.3, 0.4) is 0 Å². The molecule has 1 N–H and O–H groups in total. The van der Waals surface area contributed by atoms with Crippen molar-refractivity contribution in [1.29, 1.82) is 0 Å². The summed E-state index contributed by atoms with van der Waals surface area (Å²) in [6.45, 7) is 3.77. The quantitative estimate of drug-likeness (QED) is 0.801. The van der Waals surface area contributed by atoms with Crippen molar-refractivity contribution < 1.29 is 14.6 Å². The Morgan fingerprint density at radius 1 is 1.36 bits per heavy atom. The molecular weight excluding hydrogens is 180 g/mol. The van der Waals surface area contributed by atoms with Gasteiger partial charge < -0.3 is 9.84 Å². The van der Waals surface area contributed by atoms with Gasteiger partial charge in [-0.25, -0.2) is 4.79 Å². The van der Waals surface area contributed by atoms with E-state index < -0.39 is 12.1 Å². The second kappa shape index (κ2) is 4.24. The van der Waals surface area contributed by atoms with Crippen molar-refractivity contribution in [3.05, 3.63) is 34.9 Å². The minimum Gasteiger partial charge on any atom is -0.479 e. The van der Waals surface area contributed by atoms with Crippen molar-refractivity contribution in [1.82, 2.24) is 0 Å². The van der Waals surface area contributed by atoms with Crippen LogP contribution in [0.5, 0.6) is 0 Å². The average Bonchev–Trinajstić information content (AvgIpc) is 2.10. The lowest BCUT2D eigenvalue weighted by Crippen LogP contribution is -2.15. The molecule has 0 heterocycles. The Labute approximate surface area is 83.3 Å². The number of rotatable bonds is 3. The first kappa shape index (κ1) is 10.7. The zero-order valence-corrected chi connectivity index (χ0v) is 8.57. The van der Waals surface area contributed by atoms with Gasteiger partial charge in [-0.3, -0.25) is 0 Å². The van der Waals surface area contributed by atoms with Crippen LogP contribution in [-0.2, 0) is 9.53 Å². The van der Waals surface area contributed by atoms with Crippen LogP contribution in [0.2, 0.25) is 0 Å². The first-order valence-corrected chi connectivity index (χ1v) is 4.39. The molecule has 1 aromatic rings. The number of carbonyl (C=O) groups is 1. The fourth-order valence-electron chi connectivity index (χ4n) is 1.58. The van der Waals surface area contributed by atoms with Gasteiger partial charge in [0, 0.05) is 7.11 Å². The van der Waals surface area contributed by atoms with Crippen LogP contribution in [0.4, 0.5) is 0 Å². The number of aryl methyl sites for hydroxylation is 2. The van der Waals surface area contributed by atoms with E-state index in [1.54, 1.807) is 0 Å². The maximum absolute atomic E-state index is 10.9. The molecular formula is C11H14O3. The van der Waals surface area contributed by atoms with Crippen LogP contribution in [0, 0.1) is 13.8 Å². The molecule has 0 bridgehead atoms. The minimum atomic E-state index is -0.954. The lowest BCUT2D eigenvalue weighted by Gasteiger charge is -2.15. The lowest BCUT2D eigenvalue weighted by molar-refractivity contribution is -0.148. The van der Waals surface area contributed by atoms with E-state index in [2.05, 4.69) is 0 Å². The van der Waals surface area contributed by atoms with Crippen LogP contribution < -0.4 is 0 Å². The minimum absolute atomic E-state index is 0.752. The molecule has 0 spiro atoms. The summed E-state index contributed by atoms with van der Waals surface area (Å²) in [6.07, 6.45) is -0.865. The number of methoxy groups -OCH3 is 1. The highest BCUT2D eigenvalue weighted by Gasteiger charge is 2.22. The Kier molecular flexibility index (Phi) is 3.25. The SMILES string of the molecule is COC(C(=O)O)c1c(C)cccc1C. The average molecular weight is 194 g/mol. The Morgan fingerprint density at radius 2 is 1.86 bits per heavy atom. The van der Waals surface area contributed by atoms with E-state index in [4.69, 9.17) is 9.84 Å². The molecule has 1 unspecified atom stereocenters. The van der Waals surface area contributed by atoms with Gasteiger partial charge in [-0.2, -0.15) is 0 Å². The number of benzene rings is 1. The molecule has 0 radical (unpaired) electrons. The molecule has 0 saturated heterocycles. The molecule has 1 atom stereocenters. The maximum Gasteiger partial charge on any atom is 0.337 e. The molecule has 0 fully saturated rings. The molecule has 0 aliphatic rings. The summed E-state index contributed by atoms with van der Waals surface area (Å²) in [6, 6.07) is 5.68. The summed E-state index contributed by atoms with van der Waals surface area (Å²) in [7, 11) is 1.41. The first-order chi connectivity index (χ1) is 6.57. The van der Waals surface area contributed by atoms with Gasteiger partial charge in [0.15, 0.2) is 6.10 Å². The molecule has 3 nitrogen and oxygen atoms in total. The summed E-state index contributed by atoms with van der Waals surface area (Å²) >= 11 is 0. The Morgan fingerprint density at radius 3 is 2.21 bits per heavy atom. The van der Waals surface area contributed by atoms with Crippen molar-refractivity contribution in [2.45, 2.75) is 20.0 Å². The van der Waals surface area contributed by atoms with Crippen molar-refractivity contribution >= 4 is 5.97 Å². The summed E-state index contributed by atoms with van der Waals surface area (Å²) in [5.74, 6) is -0.954. The van der Waals surface area contributed by atoms with E-state index in [1.165, 1.54) is 7.11 Å². The highest BCUT2D eigenvalue weighted by atomic mass is 16.5. The molecule has 0 aliphatic heterocycles. The van der Waals surface area contributed by atoms with E-state index in [9.17, 15) is 4.79 Å². The van der Waals surface area contributed by atoms with Gasteiger partial charge in [0.2, 0.25) is 0 Å². The third kappa shape index (κ3) is 1.93. The molecule has 0 saturated carbocycles. The van der Waals surface area contributed by atoms with Crippen LogP contribution in [0.1, 0.15) is 22.8 Å². The third-order valence-corrected chi connectivity index (χ3v) is 2.26. The van der Waals surface area contributed by atoms with Gasteiger partial charge >= 0.3 is 5.97 Å². The maximum atomic E-state index is 10.9. The van der Waals surface area contributed by atoms with Gasteiger partial charge in [0.25, 0.3) is 0 Å². The summed E-state index contributed by atoms with van der Waals surface area (Å²) in [4.78, 5) is 10.9. The van der Waals surface area contributed by atoms with E-state index >= 15 is 0 Å². The standard InChI is InChI=1S/C11H14O3/c1-7-5-4-6-8(2)9(7)10(14-3)11(12)13/h4-6,10H,1-3H3,(H,12,13). The van der Waals surface area contributed by atoms with Gasteiger partial charge in [-0.1, -0.05) is 18.2 Å². The van der Waals surface area contributed by atoms with E-state index in [1.807, 2.05) is 32.0 Å². The predicted molar refractivity (Wildman–Crippen MR) is 53.3 cm³/mol. The second-order valence-electron chi connectivity index (χ2n) is 3.26. The van der Waals surface area contributed by atoms with Crippen molar-refractivity contribution in [2.75, 3.05) is 7.11 Å². The molecule has 0 amide bonds. The molecule has 3 heteroatoms. The predicted octanol–water partition coefficient (Wildman–Crippen LogP) is 2.08. The lowest BCUT2D eigenvalue weighted by atomic mass is 9.98. The summed E-state index contributed by atoms with van der Waals surface area (Å²) < 4.78 is 4.96. The van der Waals surface area contributed by atoms with Crippen molar-refractivity contribution in [3.63, 3.8) is 0 Å². The number of carboxylic acid groups (broad SMARTS) is 1. The third-order valence-electron chi connectivity index (χ3n) is 2.26. The zero-order chi connectivity index (χ0) is 10.7. The Hall–Kier alpha value is -1.35. The Balaban J connectivity index is 3.22. The van der Waals surface area contributed by atoms with Gasteiger partial charge in [0.05, 0.1) is 0 Å². The monoisotopic (exact) mass is 194 g/mol. The summed E-state index contributed by atoms with van der Waals surface area (Å²) in [5, 5.41) is 8.95. The van der Waals surface area contributed by atoms with Gasteiger partial charge in [0.1, 0.15) is 0 Å². The Bertz CT molecular complexity index is 324. The molecule has 1 aromatic carbocycles. The van der Waals surface area contributed by atoms with E-state index in [-0.39, 0.29) is 0 Å². The number of hydrogen-bond donors (Lipinski definition) is 1. The highest BCUT2D eigenvalue weighted by molar-refractivity contribution is 5.75. The first-order valence-electron chi connectivity index (χ1n) is 4.39. The zero-order valence-electron chi connectivity index (χ0n) is 8.57. The van der Waals surface area contributed by atoms with Crippen LogP contribution >= 0.6 is 0 Å². The molecule has 1 rings (SSSR count). The number of hydrogen-bond acceptors (Lipinski definition) is 2.